The van der Waals surface area contributed by atoms with Crippen LogP contribution in [0.25, 0.3) is 10.9 Å². The maximum Gasteiger partial charge on any atom is 0.325 e. The normalized spacial score (nSPS) is 24.0. The largest absolute Gasteiger partial charge is 0.325 e. The number of pyridine rings is 1. The molecule has 1 aliphatic carbocycles. The maximum atomic E-state index is 13.1. The van der Waals surface area contributed by atoms with E-state index in [1.54, 1.807) is 6.07 Å². The molecule has 1 saturated heterocycles. The first-order valence-corrected chi connectivity index (χ1v) is 11.0. The molecular formula is C24H30N4O3. The summed E-state index contributed by atoms with van der Waals surface area (Å²) >= 11 is 0. The number of rotatable bonds is 5. The number of benzene rings is 1. The lowest BCUT2D eigenvalue weighted by Crippen LogP contribution is -2.51. The van der Waals surface area contributed by atoms with Gasteiger partial charge in [0.05, 0.1) is 5.52 Å². The molecule has 31 heavy (non-hydrogen) atoms. The van der Waals surface area contributed by atoms with Gasteiger partial charge >= 0.3 is 6.03 Å². The fraction of sp³-hybridized carbons (Fsp3) is 0.500. The third kappa shape index (κ3) is 4.01. The van der Waals surface area contributed by atoms with Gasteiger partial charge in [0.2, 0.25) is 5.91 Å². The summed E-state index contributed by atoms with van der Waals surface area (Å²) in [6.07, 6.45) is 4.12. The minimum Gasteiger partial charge on any atom is -0.323 e. The highest BCUT2D eigenvalue weighted by atomic mass is 16.2. The van der Waals surface area contributed by atoms with Gasteiger partial charge < -0.3 is 10.6 Å². The Morgan fingerprint density at radius 2 is 1.90 bits per heavy atom. The predicted molar refractivity (Wildman–Crippen MR) is 119 cm³/mol. The number of imide groups is 1. The van der Waals surface area contributed by atoms with Crippen LogP contribution in [0.4, 0.5) is 10.6 Å². The SMILES string of the molecule is CCC(C)(C)C1CCC2(CC1)NC(=O)N(CC(=O)Nc1ccc3ccccc3n1)C2=O. The topological polar surface area (TPSA) is 91.4 Å². The standard InChI is InChI=1S/C24H30N4O3/c1-4-23(2,3)17-11-13-24(14-12-17)21(30)28(22(31)27-24)15-20(29)26-19-10-9-16-7-5-6-8-18(16)25-19/h5-10,17H,4,11-15H2,1-3H3,(H,27,31)(H,25,26,29). The van der Waals surface area contributed by atoms with E-state index in [2.05, 4.69) is 36.4 Å². The van der Waals surface area contributed by atoms with Crippen molar-refractivity contribution < 1.29 is 14.4 Å². The molecule has 0 bridgehead atoms. The first-order chi connectivity index (χ1) is 14.7. The Bertz CT molecular complexity index is 1020. The van der Waals surface area contributed by atoms with E-state index in [1.165, 1.54) is 0 Å². The molecule has 7 nitrogen and oxygen atoms in total. The van der Waals surface area contributed by atoms with Crippen LogP contribution in [-0.2, 0) is 9.59 Å². The van der Waals surface area contributed by atoms with Gasteiger partial charge in [-0.25, -0.2) is 9.78 Å². The van der Waals surface area contributed by atoms with Gasteiger partial charge in [-0.05, 0) is 55.2 Å². The lowest BCUT2D eigenvalue weighted by atomic mass is 9.65. The summed E-state index contributed by atoms with van der Waals surface area (Å²) in [6.45, 7) is 6.41. The second-order valence-corrected chi connectivity index (χ2v) is 9.46. The van der Waals surface area contributed by atoms with Crippen LogP contribution in [0.3, 0.4) is 0 Å². The van der Waals surface area contributed by atoms with Crippen molar-refractivity contribution in [3.05, 3.63) is 36.4 Å². The van der Waals surface area contributed by atoms with Crippen LogP contribution in [0.15, 0.2) is 36.4 Å². The predicted octanol–water partition coefficient (Wildman–Crippen LogP) is 4.09. The molecule has 1 saturated carbocycles. The number of nitrogens with one attached hydrogen (secondary N) is 2. The van der Waals surface area contributed by atoms with Gasteiger partial charge in [-0.1, -0.05) is 45.4 Å². The molecule has 0 radical (unpaired) electrons. The molecule has 2 N–H and O–H groups in total. The minimum absolute atomic E-state index is 0.222. The fourth-order valence-electron chi connectivity index (χ4n) is 4.80. The molecule has 4 amide bonds. The fourth-order valence-corrected chi connectivity index (χ4v) is 4.80. The zero-order valence-electron chi connectivity index (χ0n) is 18.4. The van der Waals surface area contributed by atoms with Crippen molar-refractivity contribution in [2.75, 3.05) is 11.9 Å². The van der Waals surface area contributed by atoms with E-state index in [9.17, 15) is 14.4 Å². The summed E-state index contributed by atoms with van der Waals surface area (Å²) in [6, 6.07) is 10.7. The van der Waals surface area contributed by atoms with Crippen molar-refractivity contribution in [1.29, 1.82) is 0 Å². The third-order valence-corrected chi connectivity index (χ3v) is 7.27. The molecule has 2 aromatic rings. The number of anilines is 1. The van der Waals surface area contributed by atoms with E-state index < -0.39 is 17.5 Å². The number of aromatic nitrogens is 1. The van der Waals surface area contributed by atoms with Crippen LogP contribution < -0.4 is 10.6 Å². The van der Waals surface area contributed by atoms with Crippen LogP contribution >= 0.6 is 0 Å². The smallest absolute Gasteiger partial charge is 0.323 e. The Morgan fingerprint density at radius 1 is 1.19 bits per heavy atom. The van der Waals surface area contributed by atoms with Crippen molar-refractivity contribution in [2.45, 2.75) is 58.4 Å². The minimum atomic E-state index is -0.862. The van der Waals surface area contributed by atoms with E-state index in [0.717, 1.165) is 35.1 Å². The summed E-state index contributed by atoms with van der Waals surface area (Å²) in [5.41, 5.74) is 0.125. The lowest BCUT2D eigenvalue weighted by Gasteiger charge is -2.42. The first-order valence-electron chi connectivity index (χ1n) is 11.0. The van der Waals surface area contributed by atoms with Crippen LogP contribution in [0, 0.1) is 11.3 Å². The van der Waals surface area contributed by atoms with Gasteiger partial charge in [0.1, 0.15) is 17.9 Å². The number of carbonyl (C=O) groups is 3. The van der Waals surface area contributed by atoms with Crippen molar-refractivity contribution >= 4 is 34.6 Å². The van der Waals surface area contributed by atoms with Gasteiger partial charge in [0.15, 0.2) is 0 Å². The maximum absolute atomic E-state index is 13.1. The van der Waals surface area contributed by atoms with Crippen LogP contribution in [0.2, 0.25) is 0 Å². The van der Waals surface area contributed by atoms with E-state index in [0.29, 0.717) is 24.6 Å². The molecule has 1 aromatic carbocycles. The summed E-state index contributed by atoms with van der Waals surface area (Å²) in [4.78, 5) is 43.7. The van der Waals surface area contributed by atoms with Crippen LogP contribution in [-0.4, -0.2) is 39.8 Å². The number of amides is 4. The number of nitrogens with zero attached hydrogens (tertiary/aromatic N) is 2. The van der Waals surface area contributed by atoms with E-state index in [-0.39, 0.29) is 17.9 Å². The van der Waals surface area contributed by atoms with Gasteiger partial charge in [0.25, 0.3) is 5.91 Å². The molecule has 2 aliphatic rings. The van der Waals surface area contributed by atoms with Crippen LogP contribution in [0.1, 0.15) is 52.9 Å². The number of carbonyl (C=O) groups excluding carboxylic acids is 3. The number of hydrogen-bond acceptors (Lipinski definition) is 4. The van der Waals surface area contributed by atoms with Crippen molar-refractivity contribution in [1.82, 2.24) is 15.2 Å². The monoisotopic (exact) mass is 422 g/mol. The van der Waals surface area contributed by atoms with Gasteiger partial charge in [-0.2, -0.15) is 0 Å². The zero-order valence-corrected chi connectivity index (χ0v) is 18.4. The molecule has 4 rings (SSSR count). The highest BCUT2D eigenvalue weighted by Crippen LogP contribution is 2.45. The Balaban J connectivity index is 1.40. The van der Waals surface area contributed by atoms with E-state index in [4.69, 9.17) is 0 Å². The highest BCUT2D eigenvalue weighted by molar-refractivity contribution is 6.10. The number of urea groups is 1. The number of hydrogen-bond donors (Lipinski definition) is 2. The average Bonchev–Trinajstić information content (AvgIpc) is 2.98. The number of fused-ring (bicyclic) bond motifs is 1. The number of para-hydroxylation sites is 1. The summed E-state index contributed by atoms with van der Waals surface area (Å²) in [7, 11) is 0. The summed E-state index contributed by atoms with van der Waals surface area (Å²) in [5.74, 6) is 0.202. The molecule has 1 spiro atoms. The van der Waals surface area contributed by atoms with E-state index in [1.807, 2.05) is 30.3 Å². The van der Waals surface area contributed by atoms with Crippen molar-refractivity contribution in [3.8, 4) is 0 Å². The first kappa shape index (κ1) is 21.3. The molecular weight excluding hydrogens is 392 g/mol. The van der Waals surface area contributed by atoms with Crippen molar-refractivity contribution in [2.24, 2.45) is 11.3 Å². The molecule has 0 atom stereocenters. The Kier molecular flexibility index (Phi) is 5.45. The van der Waals surface area contributed by atoms with Crippen LogP contribution in [0.5, 0.6) is 0 Å². The Hall–Kier alpha value is -2.96. The van der Waals surface area contributed by atoms with Gasteiger partial charge in [0, 0.05) is 5.39 Å². The average molecular weight is 423 g/mol. The zero-order chi connectivity index (χ0) is 22.2. The van der Waals surface area contributed by atoms with Gasteiger partial charge in [-0.15, -0.1) is 0 Å². The lowest BCUT2D eigenvalue weighted by molar-refractivity contribution is -0.135. The summed E-state index contributed by atoms with van der Waals surface area (Å²) in [5, 5.41) is 6.57. The third-order valence-electron chi connectivity index (χ3n) is 7.27. The molecule has 2 fully saturated rings. The van der Waals surface area contributed by atoms with Crippen molar-refractivity contribution in [3.63, 3.8) is 0 Å². The summed E-state index contributed by atoms with van der Waals surface area (Å²) < 4.78 is 0. The molecule has 7 heteroatoms. The second-order valence-electron chi connectivity index (χ2n) is 9.46. The molecule has 1 aliphatic heterocycles. The molecule has 2 heterocycles. The van der Waals surface area contributed by atoms with E-state index >= 15 is 0 Å². The Morgan fingerprint density at radius 3 is 2.61 bits per heavy atom. The Labute approximate surface area is 182 Å². The molecule has 164 valence electrons. The highest BCUT2D eigenvalue weighted by Gasteiger charge is 2.53. The quantitative estimate of drug-likeness (QED) is 0.710. The second kappa shape index (κ2) is 7.94. The molecule has 0 unspecified atom stereocenters. The van der Waals surface area contributed by atoms with Gasteiger partial charge in [-0.3, -0.25) is 14.5 Å². The molecule has 1 aromatic heterocycles.